The van der Waals surface area contributed by atoms with Crippen LogP contribution in [0.2, 0.25) is 0 Å². The maximum absolute atomic E-state index is 6.38. The van der Waals surface area contributed by atoms with E-state index in [1.807, 2.05) is 0 Å². The van der Waals surface area contributed by atoms with Gasteiger partial charge in [-0.15, -0.1) is 0 Å². The molecule has 3 aliphatic rings. The number of fused-ring (bicyclic) bond motifs is 3. The number of aryl methyl sites for hydroxylation is 1. The van der Waals surface area contributed by atoms with Gasteiger partial charge in [0.05, 0.1) is 22.4 Å². The van der Waals surface area contributed by atoms with Crippen molar-refractivity contribution in [3.63, 3.8) is 0 Å². The van der Waals surface area contributed by atoms with E-state index in [-0.39, 0.29) is 42.1 Å². The summed E-state index contributed by atoms with van der Waals surface area (Å²) in [5.74, 6) is 0. The molecule has 0 unspecified atom stereocenters. The Morgan fingerprint density at radius 3 is 1.50 bits per heavy atom. The van der Waals surface area contributed by atoms with Gasteiger partial charge >= 0.3 is 14.2 Å². The number of hydrogen-bond donors (Lipinski definition) is 0. The molecule has 2 heterocycles. The molecule has 0 bridgehead atoms. The van der Waals surface area contributed by atoms with Crippen molar-refractivity contribution in [1.29, 1.82) is 0 Å². The lowest BCUT2D eigenvalue weighted by atomic mass is 9.72. The van der Waals surface area contributed by atoms with Crippen molar-refractivity contribution in [3.05, 3.63) is 47.0 Å². The zero-order valence-electron chi connectivity index (χ0n) is 22.7. The van der Waals surface area contributed by atoms with Gasteiger partial charge in [-0.2, -0.15) is 0 Å². The molecule has 1 aliphatic carbocycles. The molecule has 5 rings (SSSR count). The maximum atomic E-state index is 6.38. The molecule has 2 aromatic carbocycles. The Morgan fingerprint density at radius 2 is 1.00 bits per heavy atom. The minimum Gasteiger partial charge on any atom is -0.399 e. The van der Waals surface area contributed by atoms with E-state index in [4.69, 9.17) is 18.6 Å². The van der Waals surface area contributed by atoms with Crippen LogP contribution in [0.3, 0.4) is 0 Å². The van der Waals surface area contributed by atoms with Crippen molar-refractivity contribution in [2.24, 2.45) is 0 Å². The summed E-state index contributed by atoms with van der Waals surface area (Å²) in [5.41, 5.74) is 7.05. The van der Waals surface area contributed by atoms with E-state index in [1.165, 1.54) is 27.8 Å². The maximum Gasteiger partial charge on any atom is 0.494 e. The Balaban J connectivity index is 1.54. The molecule has 2 saturated heterocycles. The monoisotopic (exact) mass is 460 g/mol. The standard InChI is InChI=1S/C28H38B2O4/c1-17-14-19(30-33-27(8,9)28(10,11)34-30)16-22-23(17)20-13-12-18(15-21(20)24(22,2)3)29-31-25(4,5)26(6,7)32-29/h12-16H,1-11H3. The highest BCUT2D eigenvalue weighted by atomic mass is 16.7. The second kappa shape index (κ2) is 7.00. The predicted octanol–water partition coefficient (Wildman–Crippen LogP) is 4.90. The van der Waals surface area contributed by atoms with Crippen LogP contribution in [0.4, 0.5) is 0 Å². The van der Waals surface area contributed by atoms with Crippen molar-refractivity contribution in [2.75, 3.05) is 0 Å². The van der Waals surface area contributed by atoms with E-state index in [1.54, 1.807) is 0 Å². The summed E-state index contributed by atoms with van der Waals surface area (Å²) >= 11 is 0. The van der Waals surface area contributed by atoms with Gasteiger partial charge in [0.2, 0.25) is 0 Å². The molecular weight excluding hydrogens is 422 g/mol. The lowest BCUT2D eigenvalue weighted by Crippen LogP contribution is -2.41. The van der Waals surface area contributed by atoms with Crippen molar-refractivity contribution >= 4 is 25.2 Å². The summed E-state index contributed by atoms with van der Waals surface area (Å²) in [4.78, 5) is 0. The zero-order valence-corrected chi connectivity index (χ0v) is 22.7. The summed E-state index contributed by atoms with van der Waals surface area (Å²) in [6, 6.07) is 11.2. The van der Waals surface area contributed by atoms with Gasteiger partial charge in [-0.25, -0.2) is 0 Å². The SMILES string of the molecule is Cc1cc(B2OC(C)(C)C(C)(C)O2)cc2c1-c1ccc(B3OC(C)(C)C(C)(C)O3)cc1C2(C)C. The highest BCUT2D eigenvalue weighted by Gasteiger charge is 2.53. The fourth-order valence-corrected chi connectivity index (χ4v) is 5.35. The van der Waals surface area contributed by atoms with Gasteiger partial charge in [-0.1, -0.05) is 44.2 Å². The van der Waals surface area contributed by atoms with Crippen LogP contribution in [0.15, 0.2) is 30.3 Å². The molecule has 0 saturated carbocycles. The van der Waals surface area contributed by atoms with Gasteiger partial charge in [0, 0.05) is 5.41 Å². The van der Waals surface area contributed by atoms with Gasteiger partial charge in [-0.05, 0) is 101 Å². The topological polar surface area (TPSA) is 36.9 Å². The summed E-state index contributed by atoms with van der Waals surface area (Å²) in [7, 11) is -0.731. The largest absolute Gasteiger partial charge is 0.494 e. The first-order valence-electron chi connectivity index (χ1n) is 12.5. The van der Waals surface area contributed by atoms with Gasteiger partial charge in [0.1, 0.15) is 0 Å². The quantitative estimate of drug-likeness (QED) is 0.598. The molecule has 0 spiro atoms. The third kappa shape index (κ3) is 3.29. The van der Waals surface area contributed by atoms with E-state index in [0.29, 0.717) is 0 Å². The normalized spacial score (nSPS) is 24.9. The Labute approximate surface area is 206 Å². The molecule has 0 atom stereocenters. The van der Waals surface area contributed by atoms with Crippen LogP contribution in [-0.2, 0) is 24.0 Å². The molecule has 4 nitrogen and oxygen atoms in total. The molecule has 2 fully saturated rings. The molecule has 0 aromatic heterocycles. The van der Waals surface area contributed by atoms with Gasteiger partial charge in [0.15, 0.2) is 0 Å². The van der Waals surface area contributed by atoms with E-state index >= 15 is 0 Å². The minimum atomic E-state index is -0.367. The molecule has 0 amide bonds. The summed E-state index contributed by atoms with van der Waals surface area (Å²) in [6.45, 7) is 23.6. The smallest absolute Gasteiger partial charge is 0.399 e. The van der Waals surface area contributed by atoms with Crippen LogP contribution in [-0.4, -0.2) is 36.6 Å². The number of benzene rings is 2. The van der Waals surface area contributed by atoms with Gasteiger partial charge in [0.25, 0.3) is 0 Å². The zero-order chi connectivity index (χ0) is 25.1. The molecule has 34 heavy (non-hydrogen) atoms. The third-order valence-corrected chi connectivity index (χ3v) is 9.07. The van der Waals surface area contributed by atoms with Crippen LogP contribution in [0.25, 0.3) is 11.1 Å². The van der Waals surface area contributed by atoms with E-state index in [0.717, 1.165) is 10.9 Å². The summed E-state index contributed by atoms with van der Waals surface area (Å²) in [6.07, 6.45) is 0. The summed E-state index contributed by atoms with van der Waals surface area (Å²) in [5, 5.41) is 0. The Hall–Kier alpha value is -1.59. The Bertz CT molecular complexity index is 1150. The van der Waals surface area contributed by atoms with Crippen molar-refractivity contribution in [2.45, 2.75) is 104 Å². The first-order valence-corrected chi connectivity index (χ1v) is 12.5. The van der Waals surface area contributed by atoms with Gasteiger partial charge in [-0.3, -0.25) is 0 Å². The number of rotatable bonds is 2. The van der Waals surface area contributed by atoms with Crippen LogP contribution < -0.4 is 10.9 Å². The highest BCUT2D eigenvalue weighted by Crippen LogP contribution is 2.50. The third-order valence-electron chi connectivity index (χ3n) is 9.07. The lowest BCUT2D eigenvalue weighted by Gasteiger charge is -2.32. The van der Waals surface area contributed by atoms with Crippen LogP contribution in [0.1, 0.15) is 85.9 Å². The molecule has 6 heteroatoms. The van der Waals surface area contributed by atoms with E-state index in [9.17, 15) is 0 Å². The van der Waals surface area contributed by atoms with Crippen LogP contribution in [0.5, 0.6) is 0 Å². The second-order valence-corrected chi connectivity index (χ2v) is 12.9. The molecule has 180 valence electrons. The van der Waals surface area contributed by atoms with Crippen LogP contribution >= 0.6 is 0 Å². The second-order valence-electron chi connectivity index (χ2n) is 12.9. The van der Waals surface area contributed by atoms with E-state index < -0.39 is 0 Å². The molecule has 0 radical (unpaired) electrons. The average Bonchev–Trinajstić information content (AvgIpc) is 3.16. The summed E-state index contributed by atoms with van der Waals surface area (Å²) < 4.78 is 25.5. The Morgan fingerprint density at radius 1 is 0.559 bits per heavy atom. The first kappa shape index (κ1) is 24.1. The molecule has 2 aliphatic heterocycles. The predicted molar refractivity (Wildman–Crippen MR) is 140 cm³/mol. The molecule has 2 aromatic rings. The first-order chi connectivity index (χ1) is 15.5. The van der Waals surface area contributed by atoms with Crippen molar-refractivity contribution in [3.8, 4) is 11.1 Å². The van der Waals surface area contributed by atoms with Gasteiger partial charge < -0.3 is 18.6 Å². The highest BCUT2D eigenvalue weighted by molar-refractivity contribution is 6.62. The van der Waals surface area contributed by atoms with Crippen LogP contribution in [0, 0.1) is 6.92 Å². The fraction of sp³-hybridized carbons (Fsp3) is 0.571. The van der Waals surface area contributed by atoms with Crippen molar-refractivity contribution in [1.82, 2.24) is 0 Å². The lowest BCUT2D eigenvalue weighted by molar-refractivity contribution is 0.00578. The minimum absolute atomic E-state index is 0.158. The molecular formula is C28H38B2O4. The molecule has 0 N–H and O–H groups in total. The number of hydrogen-bond acceptors (Lipinski definition) is 4. The van der Waals surface area contributed by atoms with E-state index in [2.05, 4.69) is 106 Å². The fourth-order valence-electron chi connectivity index (χ4n) is 5.35. The Kier molecular flexibility index (Phi) is 4.97. The average molecular weight is 460 g/mol. The van der Waals surface area contributed by atoms with Crippen molar-refractivity contribution < 1.29 is 18.6 Å².